The van der Waals surface area contributed by atoms with Crippen LogP contribution >= 0.6 is 0 Å². The summed E-state index contributed by atoms with van der Waals surface area (Å²) in [6, 6.07) is 0. The molecule has 1 rings (SSSR count). The third-order valence-corrected chi connectivity index (χ3v) is 0.990. The third-order valence-electron chi connectivity index (χ3n) is 0.990. The molecule has 0 aromatic carbocycles. The standard InChI is InChI=1S/C7H9NO/c1-5-3-7(8)4-6(2)9-5/h3-4H,1,8H2,2H3. The Morgan fingerprint density at radius 2 is 2.22 bits per heavy atom. The van der Waals surface area contributed by atoms with E-state index in [0.29, 0.717) is 11.5 Å². The first-order chi connectivity index (χ1) is 4.18. The average molecular weight is 123 g/mol. The molecular formula is C7H9NO. The molecule has 0 spiro atoms. The minimum atomic E-state index is 0.604. The Balaban J connectivity index is 2.86. The minimum absolute atomic E-state index is 0.604. The Bertz CT molecular complexity index is 201. The lowest BCUT2D eigenvalue weighted by molar-refractivity contribution is 0.319. The maximum absolute atomic E-state index is 5.46. The number of allylic oxidation sites excluding steroid dienone is 3. The smallest absolute Gasteiger partial charge is 0.121 e. The normalized spacial score (nSPS) is 18.1. The Labute approximate surface area is 54.3 Å². The van der Waals surface area contributed by atoms with Gasteiger partial charge in [-0.3, -0.25) is 0 Å². The predicted octanol–water partition coefficient (Wildman–Crippen LogP) is 1.28. The van der Waals surface area contributed by atoms with E-state index in [9.17, 15) is 0 Å². The van der Waals surface area contributed by atoms with Crippen molar-refractivity contribution in [2.75, 3.05) is 0 Å². The van der Waals surface area contributed by atoms with Crippen molar-refractivity contribution in [1.82, 2.24) is 0 Å². The Morgan fingerprint density at radius 1 is 1.56 bits per heavy atom. The van der Waals surface area contributed by atoms with Crippen LogP contribution in [0.5, 0.6) is 0 Å². The van der Waals surface area contributed by atoms with Crippen LogP contribution in [0.25, 0.3) is 0 Å². The Morgan fingerprint density at radius 3 is 2.67 bits per heavy atom. The highest BCUT2D eigenvalue weighted by atomic mass is 16.5. The van der Waals surface area contributed by atoms with E-state index in [1.54, 1.807) is 12.2 Å². The first kappa shape index (κ1) is 5.95. The molecule has 1 aliphatic heterocycles. The second-order valence-corrected chi connectivity index (χ2v) is 1.97. The van der Waals surface area contributed by atoms with E-state index in [4.69, 9.17) is 10.5 Å². The van der Waals surface area contributed by atoms with E-state index in [-0.39, 0.29) is 0 Å². The van der Waals surface area contributed by atoms with Gasteiger partial charge < -0.3 is 10.5 Å². The molecule has 0 saturated carbocycles. The van der Waals surface area contributed by atoms with E-state index in [1.165, 1.54) is 0 Å². The second-order valence-electron chi connectivity index (χ2n) is 1.97. The Kier molecular flexibility index (Phi) is 1.30. The summed E-state index contributed by atoms with van der Waals surface area (Å²) in [5, 5.41) is 0. The fourth-order valence-electron chi connectivity index (χ4n) is 0.728. The molecule has 0 radical (unpaired) electrons. The molecular weight excluding hydrogens is 114 g/mol. The van der Waals surface area contributed by atoms with Gasteiger partial charge in [-0.2, -0.15) is 0 Å². The lowest BCUT2D eigenvalue weighted by Crippen LogP contribution is -2.01. The molecule has 2 nitrogen and oxygen atoms in total. The zero-order valence-corrected chi connectivity index (χ0v) is 5.35. The van der Waals surface area contributed by atoms with E-state index in [2.05, 4.69) is 6.58 Å². The van der Waals surface area contributed by atoms with E-state index in [1.807, 2.05) is 6.92 Å². The molecule has 0 fully saturated rings. The van der Waals surface area contributed by atoms with Crippen LogP contribution in [0.3, 0.4) is 0 Å². The summed E-state index contributed by atoms with van der Waals surface area (Å²) in [7, 11) is 0. The molecule has 1 heterocycles. The molecule has 0 bridgehead atoms. The van der Waals surface area contributed by atoms with Crippen LogP contribution in [-0.4, -0.2) is 0 Å². The summed E-state index contributed by atoms with van der Waals surface area (Å²) in [5.41, 5.74) is 6.16. The molecule has 0 saturated heterocycles. The van der Waals surface area contributed by atoms with Crippen molar-refractivity contribution in [3.63, 3.8) is 0 Å². The van der Waals surface area contributed by atoms with Crippen molar-refractivity contribution >= 4 is 0 Å². The predicted molar refractivity (Wildman–Crippen MR) is 36.3 cm³/mol. The summed E-state index contributed by atoms with van der Waals surface area (Å²) in [5.74, 6) is 1.40. The van der Waals surface area contributed by atoms with E-state index >= 15 is 0 Å². The van der Waals surface area contributed by atoms with Gasteiger partial charge in [-0.15, -0.1) is 0 Å². The number of nitrogens with two attached hydrogens (primary N) is 1. The van der Waals surface area contributed by atoms with Gasteiger partial charge in [0.2, 0.25) is 0 Å². The molecule has 0 atom stereocenters. The van der Waals surface area contributed by atoms with Gasteiger partial charge in [0.15, 0.2) is 0 Å². The van der Waals surface area contributed by atoms with Gasteiger partial charge in [-0.25, -0.2) is 0 Å². The molecule has 0 aromatic rings. The molecule has 0 aliphatic carbocycles. The molecule has 0 amide bonds. The van der Waals surface area contributed by atoms with Gasteiger partial charge in [-0.05, 0) is 13.0 Å². The van der Waals surface area contributed by atoms with Crippen LogP contribution in [0.15, 0.2) is 35.9 Å². The van der Waals surface area contributed by atoms with Gasteiger partial charge in [-0.1, -0.05) is 6.58 Å². The summed E-state index contributed by atoms with van der Waals surface area (Å²) < 4.78 is 5.07. The number of ether oxygens (including phenoxy) is 1. The van der Waals surface area contributed by atoms with E-state index < -0.39 is 0 Å². The first-order valence-corrected chi connectivity index (χ1v) is 2.71. The van der Waals surface area contributed by atoms with Crippen LogP contribution < -0.4 is 5.73 Å². The van der Waals surface area contributed by atoms with Gasteiger partial charge in [0, 0.05) is 11.8 Å². The van der Waals surface area contributed by atoms with Gasteiger partial charge in [0.25, 0.3) is 0 Å². The van der Waals surface area contributed by atoms with Crippen LogP contribution in [0.2, 0.25) is 0 Å². The maximum atomic E-state index is 5.46. The molecule has 1 aliphatic rings. The molecule has 2 heteroatoms. The summed E-state index contributed by atoms with van der Waals surface area (Å²) in [6.45, 7) is 5.43. The summed E-state index contributed by atoms with van der Waals surface area (Å²) in [4.78, 5) is 0. The first-order valence-electron chi connectivity index (χ1n) is 2.71. The SMILES string of the molecule is C=C1C=C(N)C=C(C)O1. The zero-order chi connectivity index (χ0) is 6.85. The average Bonchev–Trinajstić information content (AvgIpc) is 1.59. The number of rotatable bonds is 0. The zero-order valence-electron chi connectivity index (χ0n) is 5.35. The molecule has 9 heavy (non-hydrogen) atoms. The molecule has 2 N–H and O–H groups in total. The highest BCUT2D eigenvalue weighted by Crippen LogP contribution is 2.13. The van der Waals surface area contributed by atoms with E-state index in [0.717, 1.165) is 5.76 Å². The lowest BCUT2D eigenvalue weighted by Gasteiger charge is -2.10. The summed E-state index contributed by atoms with van der Waals surface area (Å²) in [6.07, 6.45) is 3.45. The summed E-state index contributed by atoms with van der Waals surface area (Å²) >= 11 is 0. The van der Waals surface area contributed by atoms with Crippen molar-refractivity contribution in [3.05, 3.63) is 35.9 Å². The monoisotopic (exact) mass is 123 g/mol. The van der Waals surface area contributed by atoms with Crippen LogP contribution in [0, 0.1) is 0 Å². The molecule has 0 unspecified atom stereocenters. The number of hydrogen-bond donors (Lipinski definition) is 1. The molecule has 48 valence electrons. The lowest BCUT2D eigenvalue weighted by atomic mass is 10.3. The van der Waals surface area contributed by atoms with Crippen molar-refractivity contribution in [2.24, 2.45) is 5.73 Å². The fourth-order valence-corrected chi connectivity index (χ4v) is 0.728. The van der Waals surface area contributed by atoms with Crippen molar-refractivity contribution < 1.29 is 4.74 Å². The third kappa shape index (κ3) is 1.35. The number of hydrogen-bond acceptors (Lipinski definition) is 2. The fraction of sp³-hybridized carbons (Fsp3) is 0.143. The van der Waals surface area contributed by atoms with Crippen molar-refractivity contribution in [3.8, 4) is 0 Å². The van der Waals surface area contributed by atoms with Gasteiger partial charge in [0.1, 0.15) is 11.5 Å². The highest BCUT2D eigenvalue weighted by molar-refractivity contribution is 5.29. The van der Waals surface area contributed by atoms with Crippen LogP contribution in [0.4, 0.5) is 0 Å². The molecule has 0 aromatic heterocycles. The van der Waals surface area contributed by atoms with Crippen molar-refractivity contribution in [2.45, 2.75) is 6.92 Å². The quantitative estimate of drug-likeness (QED) is 0.526. The topological polar surface area (TPSA) is 35.2 Å². The Hall–Kier alpha value is -1.18. The van der Waals surface area contributed by atoms with Crippen molar-refractivity contribution in [1.29, 1.82) is 0 Å². The highest BCUT2D eigenvalue weighted by Gasteiger charge is 2.00. The van der Waals surface area contributed by atoms with Gasteiger partial charge in [0.05, 0.1) is 0 Å². The minimum Gasteiger partial charge on any atom is -0.463 e. The van der Waals surface area contributed by atoms with Crippen LogP contribution in [0.1, 0.15) is 6.92 Å². The van der Waals surface area contributed by atoms with Crippen LogP contribution in [-0.2, 0) is 4.74 Å². The largest absolute Gasteiger partial charge is 0.463 e. The van der Waals surface area contributed by atoms with Gasteiger partial charge >= 0.3 is 0 Å². The second kappa shape index (κ2) is 1.97. The maximum Gasteiger partial charge on any atom is 0.121 e.